The molecule has 132 valence electrons. The van der Waals surface area contributed by atoms with E-state index in [9.17, 15) is 19.7 Å². The van der Waals surface area contributed by atoms with Gasteiger partial charge in [-0.2, -0.15) is 0 Å². The highest BCUT2D eigenvalue weighted by atomic mass is 35.5. The van der Waals surface area contributed by atoms with Crippen LogP contribution < -0.4 is 10.7 Å². The molecule has 0 unspecified atom stereocenters. The van der Waals surface area contributed by atoms with Gasteiger partial charge in [-0.1, -0.05) is 23.2 Å². The molecule has 0 saturated carbocycles. The van der Waals surface area contributed by atoms with Gasteiger partial charge in [0.05, 0.1) is 21.2 Å². The first-order valence-electron chi connectivity index (χ1n) is 7.35. The van der Waals surface area contributed by atoms with Crippen molar-refractivity contribution in [1.82, 2.24) is 4.98 Å². The largest absolute Gasteiger partial charge is 0.360 e. The van der Waals surface area contributed by atoms with Crippen molar-refractivity contribution in [2.45, 2.75) is 6.92 Å². The average molecular weight is 392 g/mol. The zero-order chi connectivity index (χ0) is 19.0. The highest BCUT2D eigenvalue weighted by molar-refractivity contribution is 6.34. The lowest BCUT2D eigenvalue weighted by atomic mass is 10.1. The molecule has 0 radical (unpaired) electrons. The van der Waals surface area contributed by atoms with Crippen LogP contribution in [-0.2, 0) is 0 Å². The van der Waals surface area contributed by atoms with Gasteiger partial charge in [-0.15, -0.1) is 0 Å². The number of nitrogens with zero attached hydrogens (tertiary/aromatic N) is 1. The smallest absolute Gasteiger partial charge is 0.271 e. The van der Waals surface area contributed by atoms with Gasteiger partial charge in [-0.3, -0.25) is 19.7 Å². The normalized spacial score (nSPS) is 10.7. The lowest BCUT2D eigenvalue weighted by Gasteiger charge is -2.09. The molecular weight excluding hydrogens is 381 g/mol. The van der Waals surface area contributed by atoms with Crippen molar-refractivity contribution in [1.29, 1.82) is 0 Å². The summed E-state index contributed by atoms with van der Waals surface area (Å²) in [6.45, 7) is 1.76. The molecule has 1 amide bonds. The van der Waals surface area contributed by atoms with Gasteiger partial charge < -0.3 is 10.3 Å². The fraction of sp³-hybridized carbons (Fsp3) is 0.0588. The Hall–Kier alpha value is -2.90. The first-order valence-corrected chi connectivity index (χ1v) is 8.11. The number of nitrogens with one attached hydrogen (secondary N) is 2. The van der Waals surface area contributed by atoms with Crippen LogP contribution in [0.3, 0.4) is 0 Å². The lowest BCUT2D eigenvalue weighted by Crippen LogP contribution is -2.22. The van der Waals surface area contributed by atoms with Gasteiger partial charge in [0.2, 0.25) is 5.43 Å². The fourth-order valence-electron chi connectivity index (χ4n) is 2.49. The van der Waals surface area contributed by atoms with Crippen LogP contribution >= 0.6 is 23.2 Å². The Labute approximate surface area is 156 Å². The third-order valence-corrected chi connectivity index (χ3v) is 4.63. The summed E-state index contributed by atoms with van der Waals surface area (Å²) in [4.78, 5) is 38.1. The maximum absolute atomic E-state index is 12.6. The molecule has 0 bridgehead atoms. The molecule has 0 aliphatic rings. The monoisotopic (exact) mass is 391 g/mol. The highest BCUT2D eigenvalue weighted by Gasteiger charge is 2.17. The summed E-state index contributed by atoms with van der Waals surface area (Å²) in [5.41, 5.74) is 0.625. The van der Waals surface area contributed by atoms with Crippen LogP contribution in [-0.4, -0.2) is 15.8 Å². The van der Waals surface area contributed by atoms with Crippen molar-refractivity contribution in [2.24, 2.45) is 0 Å². The summed E-state index contributed by atoms with van der Waals surface area (Å²) < 4.78 is 0. The van der Waals surface area contributed by atoms with Crippen molar-refractivity contribution >= 4 is 51.4 Å². The van der Waals surface area contributed by atoms with Gasteiger partial charge in [0.1, 0.15) is 5.56 Å². The number of carbonyl (C=O) groups excluding carboxylic acids is 1. The Morgan fingerprint density at radius 3 is 2.58 bits per heavy atom. The summed E-state index contributed by atoms with van der Waals surface area (Å²) in [6, 6.07) is 6.75. The molecule has 1 heterocycles. The molecule has 7 nitrogen and oxygen atoms in total. The Bertz CT molecular complexity index is 1120. The third kappa shape index (κ3) is 3.14. The van der Waals surface area contributed by atoms with E-state index in [1.807, 2.05) is 0 Å². The minimum absolute atomic E-state index is 0.00704. The van der Waals surface area contributed by atoms with E-state index < -0.39 is 16.3 Å². The Morgan fingerprint density at radius 2 is 1.92 bits per heavy atom. The van der Waals surface area contributed by atoms with E-state index in [1.165, 1.54) is 18.3 Å². The van der Waals surface area contributed by atoms with Gasteiger partial charge in [0, 0.05) is 28.7 Å². The summed E-state index contributed by atoms with van der Waals surface area (Å²) in [7, 11) is 0. The first kappa shape index (κ1) is 17.9. The summed E-state index contributed by atoms with van der Waals surface area (Å²) in [5.74, 6) is -0.684. The van der Waals surface area contributed by atoms with E-state index in [4.69, 9.17) is 23.2 Å². The van der Waals surface area contributed by atoms with E-state index in [0.717, 1.165) is 6.07 Å². The number of non-ortho nitro benzene ring substituents is 1. The van der Waals surface area contributed by atoms with E-state index in [0.29, 0.717) is 21.5 Å². The molecule has 0 spiro atoms. The van der Waals surface area contributed by atoms with Crippen molar-refractivity contribution in [3.8, 4) is 0 Å². The fourth-order valence-corrected chi connectivity index (χ4v) is 2.87. The Balaban J connectivity index is 1.98. The number of carbonyl (C=O) groups is 1. The second-order valence-electron chi connectivity index (χ2n) is 5.50. The molecule has 0 atom stereocenters. The predicted octanol–water partition coefficient (Wildman–Crippen LogP) is 4.30. The zero-order valence-electron chi connectivity index (χ0n) is 13.3. The van der Waals surface area contributed by atoms with Gasteiger partial charge >= 0.3 is 0 Å². The molecule has 3 rings (SSSR count). The summed E-state index contributed by atoms with van der Waals surface area (Å²) in [5, 5.41) is 14.0. The van der Waals surface area contributed by atoms with E-state index >= 15 is 0 Å². The molecule has 9 heteroatoms. The number of fused-ring (bicyclic) bond motifs is 1. The van der Waals surface area contributed by atoms with Gasteiger partial charge in [0.25, 0.3) is 11.6 Å². The summed E-state index contributed by atoms with van der Waals surface area (Å²) in [6.07, 6.45) is 1.29. The van der Waals surface area contributed by atoms with Crippen LogP contribution in [0.4, 0.5) is 11.4 Å². The number of anilines is 1. The number of aryl methyl sites for hydroxylation is 1. The maximum Gasteiger partial charge on any atom is 0.271 e. The number of pyridine rings is 1. The number of aromatic nitrogens is 1. The Kier molecular flexibility index (Phi) is 4.67. The van der Waals surface area contributed by atoms with E-state index in [1.54, 1.807) is 19.1 Å². The number of aromatic amines is 1. The molecule has 3 aromatic rings. The number of hydrogen-bond donors (Lipinski definition) is 2. The molecular formula is C17H11Cl2N3O4. The first-order chi connectivity index (χ1) is 12.3. The molecule has 0 saturated heterocycles. The number of hydrogen-bond acceptors (Lipinski definition) is 4. The molecule has 26 heavy (non-hydrogen) atoms. The van der Waals surface area contributed by atoms with Gasteiger partial charge in [-0.25, -0.2) is 0 Å². The second-order valence-corrected chi connectivity index (χ2v) is 6.32. The van der Waals surface area contributed by atoms with Gasteiger partial charge in [0.15, 0.2) is 0 Å². The van der Waals surface area contributed by atoms with Crippen LogP contribution in [0.25, 0.3) is 10.9 Å². The number of H-pyrrole nitrogens is 1. The van der Waals surface area contributed by atoms with E-state index in [-0.39, 0.29) is 22.0 Å². The number of nitro benzene ring substituents is 1. The average Bonchev–Trinajstić information content (AvgIpc) is 2.60. The Morgan fingerprint density at radius 1 is 1.19 bits per heavy atom. The van der Waals surface area contributed by atoms with Crippen molar-refractivity contribution in [3.63, 3.8) is 0 Å². The quantitative estimate of drug-likeness (QED) is 0.512. The van der Waals surface area contributed by atoms with Crippen LogP contribution in [0.5, 0.6) is 0 Å². The van der Waals surface area contributed by atoms with E-state index in [2.05, 4.69) is 10.3 Å². The van der Waals surface area contributed by atoms with Gasteiger partial charge in [-0.05, 0) is 30.7 Å². The number of amides is 1. The zero-order valence-corrected chi connectivity index (χ0v) is 14.8. The van der Waals surface area contributed by atoms with Crippen molar-refractivity contribution < 1.29 is 9.72 Å². The van der Waals surface area contributed by atoms with Crippen molar-refractivity contribution in [3.05, 3.63) is 78.0 Å². The number of rotatable bonds is 3. The SMILES string of the molecule is Cc1c(Cl)ccc2c(=O)c(C(=O)Nc3ccc([N+](=O)[O-])cc3Cl)c[nH]c12. The van der Waals surface area contributed by atoms with Crippen LogP contribution in [0.2, 0.25) is 10.0 Å². The minimum atomic E-state index is -0.684. The second kappa shape index (κ2) is 6.78. The number of halogens is 2. The highest BCUT2D eigenvalue weighted by Crippen LogP contribution is 2.27. The third-order valence-electron chi connectivity index (χ3n) is 3.91. The maximum atomic E-state index is 12.6. The van der Waals surface area contributed by atoms with Crippen LogP contribution in [0.1, 0.15) is 15.9 Å². The topological polar surface area (TPSA) is 105 Å². The molecule has 0 aliphatic carbocycles. The summed E-state index contributed by atoms with van der Waals surface area (Å²) >= 11 is 12.0. The minimum Gasteiger partial charge on any atom is -0.360 e. The standard InChI is InChI=1S/C17H11Cl2N3O4/c1-8-12(18)4-3-10-15(8)20-7-11(16(10)23)17(24)21-14-5-2-9(22(25)26)6-13(14)19/h2-7H,1H3,(H,20,23)(H,21,24). The number of benzene rings is 2. The van der Waals surface area contributed by atoms with Crippen LogP contribution in [0.15, 0.2) is 41.3 Å². The predicted molar refractivity (Wildman–Crippen MR) is 100 cm³/mol. The lowest BCUT2D eigenvalue weighted by molar-refractivity contribution is -0.384. The number of nitro groups is 1. The molecule has 2 aromatic carbocycles. The molecule has 2 N–H and O–H groups in total. The molecule has 0 aliphatic heterocycles. The van der Waals surface area contributed by atoms with Crippen LogP contribution in [0, 0.1) is 17.0 Å². The molecule has 0 fully saturated rings. The molecule has 1 aromatic heterocycles. The van der Waals surface area contributed by atoms with Crippen molar-refractivity contribution in [2.75, 3.05) is 5.32 Å².